The van der Waals surface area contributed by atoms with E-state index in [2.05, 4.69) is 27.2 Å². The normalized spacial score (nSPS) is 15.0. The SMILES string of the molecule is O=C(CCn1c(-c2cccs2)n[nH]c1=S)N1CCN(Cc2ccc(Cl)cc2)CC1. The molecule has 9 heteroatoms. The number of aromatic amines is 1. The highest BCUT2D eigenvalue weighted by Gasteiger charge is 2.21. The average molecular weight is 448 g/mol. The Balaban J connectivity index is 1.29. The molecular formula is C20H22ClN5OS2. The Morgan fingerprint density at radius 1 is 1.17 bits per heavy atom. The summed E-state index contributed by atoms with van der Waals surface area (Å²) in [6.45, 7) is 4.67. The van der Waals surface area contributed by atoms with Gasteiger partial charge in [-0.15, -0.1) is 11.3 Å². The van der Waals surface area contributed by atoms with Crippen molar-refractivity contribution in [1.29, 1.82) is 0 Å². The molecule has 1 amide bonds. The summed E-state index contributed by atoms with van der Waals surface area (Å²) in [7, 11) is 0. The number of carbonyl (C=O) groups is 1. The van der Waals surface area contributed by atoms with Crippen LogP contribution in [0.25, 0.3) is 10.7 Å². The first kappa shape index (κ1) is 20.3. The van der Waals surface area contributed by atoms with E-state index in [9.17, 15) is 4.79 Å². The minimum absolute atomic E-state index is 0.163. The molecule has 2 aromatic heterocycles. The number of nitrogens with zero attached hydrogens (tertiary/aromatic N) is 4. The average Bonchev–Trinajstić information content (AvgIpc) is 3.38. The van der Waals surface area contributed by atoms with Gasteiger partial charge in [-0.3, -0.25) is 19.4 Å². The molecule has 0 unspecified atom stereocenters. The number of aromatic nitrogens is 3. The van der Waals surface area contributed by atoms with Crippen molar-refractivity contribution in [2.45, 2.75) is 19.5 Å². The van der Waals surface area contributed by atoms with Gasteiger partial charge in [0, 0.05) is 50.7 Å². The van der Waals surface area contributed by atoms with Crippen LogP contribution in [0.2, 0.25) is 5.02 Å². The molecule has 3 heterocycles. The third kappa shape index (κ3) is 4.95. The van der Waals surface area contributed by atoms with Crippen molar-refractivity contribution in [3.63, 3.8) is 0 Å². The molecular weight excluding hydrogens is 426 g/mol. The Kier molecular flexibility index (Phi) is 6.44. The zero-order chi connectivity index (χ0) is 20.2. The van der Waals surface area contributed by atoms with E-state index in [0.29, 0.717) is 17.7 Å². The van der Waals surface area contributed by atoms with Crippen LogP contribution in [-0.4, -0.2) is 56.7 Å². The number of thiophene rings is 1. The fourth-order valence-electron chi connectivity index (χ4n) is 3.49. The smallest absolute Gasteiger partial charge is 0.224 e. The van der Waals surface area contributed by atoms with Crippen LogP contribution in [0, 0.1) is 4.77 Å². The van der Waals surface area contributed by atoms with Gasteiger partial charge in [-0.2, -0.15) is 5.10 Å². The van der Waals surface area contributed by atoms with E-state index in [1.54, 1.807) is 11.3 Å². The third-order valence-corrected chi connectivity index (χ3v) is 6.52. The van der Waals surface area contributed by atoms with Gasteiger partial charge < -0.3 is 4.90 Å². The maximum Gasteiger partial charge on any atom is 0.224 e. The third-order valence-electron chi connectivity index (χ3n) is 5.09. The molecule has 0 radical (unpaired) electrons. The number of piperazine rings is 1. The fraction of sp³-hybridized carbons (Fsp3) is 0.350. The van der Waals surface area contributed by atoms with E-state index in [-0.39, 0.29) is 5.91 Å². The molecule has 0 aliphatic carbocycles. The van der Waals surface area contributed by atoms with Crippen molar-refractivity contribution >= 4 is 41.1 Å². The molecule has 152 valence electrons. The summed E-state index contributed by atoms with van der Waals surface area (Å²) in [6, 6.07) is 11.9. The van der Waals surface area contributed by atoms with E-state index in [1.165, 1.54) is 5.56 Å². The van der Waals surface area contributed by atoms with Crippen molar-refractivity contribution in [2.24, 2.45) is 0 Å². The molecule has 29 heavy (non-hydrogen) atoms. The summed E-state index contributed by atoms with van der Waals surface area (Å²) in [5, 5.41) is 9.92. The first-order chi connectivity index (χ1) is 14.1. The molecule has 1 N–H and O–H groups in total. The monoisotopic (exact) mass is 447 g/mol. The zero-order valence-electron chi connectivity index (χ0n) is 15.9. The highest BCUT2D eigenvalue weighted by Crippen LogP contribution is 2.23. The topological polar surface area (TPSA) is 57.2 Å². The molecule has 4 rings (SSSR count). The molecule has 0 bridgehead atoms. The molecule has 0 atom stereocenters. The van der Waals surface area contributed by atoms with Gasteiger partial charge in [-0.05, 0) is 41.4 Å². The Bertz CT molecular complexity index is 1000. The Morgan fingerprint density at radius 3 is 2.62 bits per heavy atom. The highest BCUT2D eigenvalue weighted by atomic mass is 35.5. The highest BCUT2D eigenvalue weighted by molar-refractivity contribution is 7.71. The van der Waals surface area contributed by atoms with Crippen LogP contribution in [0.3, 0.4) is 0 Å². The van der Waals surface area contributed by atoms with Crippen LogP contribution < -0.4 is 0 Å². The van der Waals surface area contributed by atoms with Crippen LogP contribution in [0.15, 0.2) is 41.8 Å². The first-order valence-corrected chi connectivity index (χ1v) is 11.2. The molecule has 0 saturated carbocycles. The number of benzene rings is 1. The summed E-state index contributed by atoms with van der Waals surface area (Å²) in [5.41, 5.74) is 1.24. The molecule has 1 saturated heterocycles. The van der Waals surface area contributed by atoms with Crippen LogP contribution in [0.1, 0.15) is 12.0 Å². The van der Waals surface area contributed by atoms with E-state index in [4.69, 9.17) is 23.8 Å². The summed E-state index contributed by atoms with van der Waals surface area (Å²) in [5.74, 6) is 0.960. The maximum atomic E-state index is 12.7. The number of H-pyrrole nitrogens is 1. The summed E-state index contributed by atoms with van der Waals surface area (Å²) < 4.78 is 2.46. The quantitative estimate of drug-likeness (QED) is 0.579. The predicted octanol–water partition coefficient (Wildman–Crippen LogP) is 4.06. The van der Waals surface area contributed by atoms with E-state index in [0.717, 1.165) is 48.4 Å². The number of rotatable bonds is 6. The molecule has 1 aromatic carbocycles. The van der Waals surface area contributed by atoms with Crippen molar-refractivity contribution in [2.75, 3.05) is 26.2 Å². The van der Waals surface area contributed by atoms with Crippen LogP contribution in [0.5, 0.6) is 0 Å². The van der Waals surface area contributed by atoms with Gasteiger partial charge in [-0.1, -0.05) is 29.8 Å². The number of hydrogen-bond donors (Lipinski definition) is 1. The molecule has 3 aromatic rings. The van der Waals surface area contributed by atoms with Gasteiger partial charge in [0.15, 0.2) is 10.6 Å². The van der Waals surface area contributed by atoms with E-state index < -0.39 is 0 Å². The second-order valence-corrected chi connectivity index (χ2v) is 8.79. The van der Waals surface area contributed by atoms with Crippen molar-refractivity contribution in [1.82, 2.24) is 24.6 Å². The Morgan fingerprint density at radius 2 is 1.93 bits per heavy atom. The number of amides is 1. The lowest BCUT2D eigenvalue weighted by Gasteiger charge is -2.34. The number of halogens is 1. The second kappa shape index (κ2) is 9.21. The van der Waals surface area contributed by atoms with Gasteiger partial charge in [-0.25, -0.2) is 0 Å². The van der Waals surface area contributed by atoms with Crippen molar-refractivity contribution < 1.29 is 4.79 Å². The second-order valence-electron chi connectivity index (χ2n) is 7.01. The Hall–Kier alpha value is -2.00. The summed E-state index contributed by atoms with van der Waals surface area (Å²) in [6.07, 6.45) is 0.420. The lowest BCUT2D eigenvalue weighted by Crippen LogP contribution is -2.48. The standard InChI is InChI=1S/C20H22ClN5OS2/c21-16-5-3-15(4-6-16)14-24-9-11-25(12-10-24)18(27)7-8-26-19(22-23-20(26)28)17-2-1-13-29-17/h1-6,13H,7-12,14H2,(H,23,28). The number of nitrogens with one attached hydrogen (secondary N) is 1. The predicted molar refractivity (Wildman–Crippen MR) is 119 cm³/mol. The first-order valence-electron chi connectivity index (χ1n) is 9.54. The van der Waals surface area contributed by atoms with Crippen LogP contribution >= 0.6 is 35.2 Å². The maximum absolute atomic E-state index is 12.7. The molecule has 1 fully saturated rings. The lowest BCUT2D eigenvalue weighted by atomic mass is 10.2. The van der Waals surface area contributed by atoms with Gasteiger partial charge in [0.1, 0.15) is 0 Å². The summed E-state index contributed by atoms with van der Waals surface area (Å²) >= 11 is 12.9. The van der Waals surface area contributed by atoms with Gasteiger partial charge in [0.2, 0.25) is 5.91 Å². The van der Waals surface area contributed by atoms with Gasteiger partial charge in [0.25, 0.3) is 0 Å². The molecule has 6 nitrogen and oxygen atoms in total. The van der Waals surface area contributed by atoms with E-state index >= 15 is 0 Å². The largest absolute Gasteiger partial charge is 0.340 e. The zero-order valence-corrected chi connectivity index (χ0v) is 18.3. The van der Waals surface area contributed by atoms with E-state index in [1.807, 2.05) is 39.1 Å². The van der Waals surface area contributed by atoms with Crippen molar-refractivity contribution in [3.8, 4) is 10.7 Å². The van der Waals surface area contributed by atoms with Gasteiger partial charge in [0.05, 0.1) is 4.88 Å². The molecule has 1 aliphatic heterocycles. The molecule has 1 aliphatic rings. The minimum atomic E-state index is 0.163. The number of hydrogen-bond acceptors (Lipinski definition) is 5. The van der Waals surface area contributed by atoms with Crippen LogP contribution in [-0.2, 0) is 17.9 Å². The fourth-order valence-corrected chi connectivity index (χ4v) is 4.56. The minimum Gasteiger partial charge on any atom is -0.340 e. The van der Waals surface area contributed by atoms with Gasteiger partial charge >= 0.3 is 0 Å². The van der Waals surface area contributed by atoms with Crippen LogP contribution in [0.4, 0.5) is 0 Å². The Labute approximate surface area is 183 Å². The van der Waals surface area contributed by atoms with Crippen molar-refractivity contribution in [3.05, 3.63) is 57.1 Å². The number of carbonyl (C=O) groups excluding carboxylic acids is 1. The summed E-state index contributed by atoms with van der Waals surface area (Å²) in [4.78, 5) is 18.1. The molecule has 0 spiro atoms. The lowest BCUT2D eigenvalue weighted by molar-refractivity contribution is -0.133.